The molecule has 1 N–H and O–H groups in total. The fourth-order valence-electron chi connectivity index (χ4n) is 2.58. The highest BCUT2D eigenvalue weighted by molar-refractivity contribution is 5.68. The van der Waals surface area contributed by atoms with E-state index in [4.69, 9.17) is 0 Å². The fourth-order valence-corrected chi connectivity index (χ4v) is 2.58. The minimum atomic E-state index is 0.850. The van der Waals surface area contributed by atoms with Gasteiger partial charge in [-0.05, 0) is 25.5 Å². The van der Waals surface area contributed by atoms with Crippen molar-refractivity contribution in [3.8, 4) is 11.4 Å². The summed E-state index contributed by atoms with van der Waals surface area (Å²) in [6, 6.07) is 6.09. The lowest BCUT2D eigenvalue weighted by atomic mass is 10.1. The Balaban J connectivity index is 2.21. The predicted molar refractivity (Wildman–Crippen MR) is 84.4 cm³/mol. The van der Waals surface area contributed by atoms with Crippen molar-refractivity contribution in [1.29, 1.82) is 0 Å². The molecule has 0 saturated carbocycles. The fraction of sp³-hybridized carbons (Fsp3) is 0.312. The molecule has 0 aliphatic rings. The molecule has 0 amide bonds. The highest BCUT2D eigenvalue weighted by atomic mass is 15.0. The van der Waals surface area contributed by atoms with Crippen LogP contribution >= 0.6 is 0 Å². The van der Waals surface area contributed by atoms with Gasteiger partial charge in [0.15, 0.2) is 0 Å². The maximum Gasteiger partial charge on any atom is 0.137 e. The van der Waals surface area contributed by atoms with Crippen molar-refractivity contribution in [3.63, 3.8) is 0 Å². The number of rotatable bonds is 5. The number of nitrogens with zero attached hydrogens (tertiary/aromatic N) is 4. The van der Waals surface area contributed by atoms with Crippen molar-refractivity contribution in [3.05, 3.63) is 42.5 Å². The number of fused-ring (bicyclic) bond motifs is 1. The third-order valence-electron chi connectivity index (χ3n) is 3.46. The van der Waals surface area contributed by atoms with Gasteiger partial charge in [-0.3, -0.25) is 4.40 Å². The second kappa shape index (κ2) is 5.91. The van der Waals surface area contributed by atoms with E-state index in [1.54, 1.807) is 6.33 Å². The summed E-state index contributed by atoms with van der Waals surface area (Å²) in [5.41, 5.74) is 4.13. The van der Waals surface area contributed by atoms with E-state index in [2.05, 4.69) is 44.6 Å². The third kappa shape index (κ3) is 2.46. The maximum absolute atomic E-state index is 4.54. The highest BCUT2D eigenvalue weighted by Crippen LogP contribution is 2.27. The topological polar surface area (TPSA) is 55.1 Å². The lowest BCUT2D eigenvalue weighted by molar-refractivity contribution is 0.899. The smallest absolute Gasteiger partial charge is 0.137 e. The molecule has 0 atom stereocenters. The van der Waals surface area contributed by atoms with E-state index >= 15 is 0 Å². The van der Waals surface area contributed by atoms with Crippen molar-refractivity contribution < 1.29 is 0 Å². The molecule has 0 radical (unpaired) electrons. The van der Waals surface area contributed by atoms with Gasteiger partial charge in [0.05, 0.1) is 11.4 Å². The van der Waals surface area contributed by atoms with Crippen molar-refractivity contribution in [1.82, 2.24) is 19.4 Å². The van der Waals surface area contributed by atoms with Crippen molar-refractivity contribution >= 4 is 11.5 Å². The molecule has 21 heavy (non-hydrogen) atoms. The lowest BCUT2D eigenvalue weighted by Gasteiger charge is -2.14. The second-order valence-electron chi connectivity index (χ2n) is 4.90. The van der Waals surface area contributed by atoms with Crippen LogP contribution in [0.1, 0.15) is 25.8 Å². The average Bonchev–Trinajstić information content (AvgIpc) is 2.98. The summed E-state index contributed by atoms with van der Waals surface area (Å²) in [6.45, 7) is 5.10. The van der Waals surface area contributed by atoms with Gasteiger partial charge in [-0.25, -0.2) is 15.0 Å². The zero-order chi connectivity index (χ0) is 14.7. The van der Waals surface area contributed by atoms with Crippen LogP contribution in [-0.2, 0) is 6.42 Å². The molecule has 5 nitrogen and oxygen atoms in total. The van der Waals surface area contributed by atoms with Crippen LogP contribution in [-0.4, -0.2) is 25.9 Å². The van der Waals surface area contributed by atoms with Gasteiger partial charge in [0.1, 0.15) is 17.8 Å². The number of pyridine rings is 1. The summed E-state index contributed by atoms with van der Waals surface area (Å²) in [6.07, 6.45) is 7.41. The standard InChI is InChI=1S/C16H19N5/c1-3-6-12-15(19-11-20-16(12)17-4-2)13-7-5-8-14-18-9-10-21(13)14/h5,7-11H,3-4,6H2,1-2H3,(H,17,19,20). The van der Waals surface area contributed by atoms with Gasteiger partial charge < -0.3 is 5.32 Å². The number of hydrogen-bond acceptors (Lipinski definition) is 4. The molecule has 0 unspecified atom stereocenters. The Morgan fingerprint density at radius 2 is 2.05 bits per heavy atom. The quantitative estimate of drug-likeness (QED) is 0.780. The first-order chi connectivity index (χ1) is 10.3. The summed E-state index contributed by atoms with van der Waals surface area (Å²) in [4.78, 5) is 13.3. The SMILES string of the molecule is CCCc1c(NCC)ncnc1-c1cccc2nccn12. The molecule has 0 spiro atoms. The zero-order valence-corrected chi connectivity index (χ0v) is 12.4. The number of imidazole rings is 1. The number of anilines is 1. The lowest BCUT2D eigenvalue weighted by Crippen LogP contribution is -2.07. The summed E-state index contributed by atoms with van der Waals surface area (Å²) < 4.78 is 2.07. The molecule has 3 rings (SSSR count). The van der Waals surface area contributed by atoms with Crippen molar-refractivity contribution in [2.45, 2.75) is 26.7 Å². The molecular formula is C16H19N5. The molecule has 0 fully saturated rings. The third-order valence-corrected chi connectivity index (χ3v) is 3.46. The molecule has 0 aliphatic heterocycles. The van der Waals surface area contributed by atoms with E-state index in [-0.39, 0.29) is 0 Å². The Labute approximate surface area is 124 Å². The second-order valence-corrected chi connectivity index (χ2v) is 4.90. The monoisotopic (exact) mass is 281 g/mol. The van der Waals surface area contributed by atoms with Gasteiger partial charge in [-0.15, -0.1) is 0 Å². The highest BCUT2D eigenvalue weighted by Gasteiger charge is 2.14. The molecule has 0 bridgehead atoms. The molecule has 3 aromatic rings. The van der Waals surface area contributed by atoms with Crippen LogP contribution in [0.15, 0.2) is 36.9 Å². The van der Waals surface area contributed by atoms with Crippen LogP contribution < -0.4 is 5.32 Å². The average molecular weight is 281 g/mol. The van der Waals surface area contributed by atoms with Gasteiger partial charge in [0.25, 0.3) is 0 Å². The van der Waals surface area contributed by atoms with Gasteiger partial charge in [-0.1, -0.05) is 19.4 Å². The van der Waals surface area contributed by atoms with Crippen LogP contribution in [0, 0.1) is 0 Å². The molecule has 0 aliphatic carbocycles. The Bertz CT molecular complexity index is 747. The van der Waals surface area contributed by atoms with Crippen molar-refractivity contribution in [2.24, 2.45) is 0 Å². The Morgan fingerprint density at radius 3 is 2.86 bits per heavy atom. The van der Waals surface area contributed by atoms with Crippen molar-refractivity contribution in [2.75, 3.05) is 11.9 Å². The molecule has 108 valence electrons. The molecule has 0 saturated heterocycles. The molecule has 0 aromatic carbocycles. The predicted octanol–water partition coefficient (Wildman–Crippen LogP) is 3.18. The first-order valence-electron chi connectivity index (χ1n) is 7.35. The van der Waals surface area contributed by atoms with E-state index in [0.717, 1.165) is 42.2 Å². The van der Waals surface area contributed by atoms with E-state index in [0.29, 0.717) is 0 Å². The van der Waals surface area contributed by atoms with Crippen LogP contribution in [0.5, 0.6) is 0 Å². The van der Waals surface area contributed by atoms with Crippen LogP contribution in [0.4, 0.5) is 5.82 Å². The number of nitrogens with one attached hydrogen (secondary N) is 1. The Hall–Kier alpha value is -2.43. The molecular weight excluding hydrogens is 262 g/mol. The molecule has 5 heteroatoms. The first kappa shape index (κ1) is 13.5. The largest absolute Gasteiger partial charge is 0.370 e. The van der Waals surface area contributed by atoms with E-state index in [1.807, 2.05) is 24.5 Å². The zero-order valence-electron chi connectivity index (χ0n) is 12.4. The maximum atomic E-state index is 4.54. The van der Waals surface area contributed by atoms with E-state index < -0.39 is 0 Å². The molecule has 3 aromatic heterocycles. The number of hydrogen-bond donors (Lipinski definition) is 1. The summed E-state index contributed by atoms with van der Waals surface area (Å²) in [7, 11) is 0. The van der Waals surface area contributed by atoms with E-state index in [1.165, 1.54) is 5.56 Å². The molecule has 3 heterocycles. The summed E-state index contributed by atoms with van der Waals surface area (Å²) in [5, 5.41) is 3.34. The van der Waals surface area contributed by atoms with E-state index in [9.17, 15) is 0 Å². The Kier molecular flexibility index (Phi) is 3.81. The summed E-state index contributed by atoms with van der Waals surface area (Å²) >= 11 is 0. The van der Waals surface area contributed by atoms with Gasteiger partial charge in [0.2, 0.25) is 0 Å². The van der Waals surface area contributed by atoms with Crippen LogP contribution in [0.3, 0.4) is 0 Å². The normalized spacial score (nSPS) is 11.0. The minimum absolute atomic E-state index is 0.850. The summed E-state index contributed by atoms with van der Waals surface area (Å²) in [5.74, 6) is 0.932. The minimum Gasteiger partial charge on any atom is -0.370 e. The Morgan fingerprint density at radius 1 is 1.14 bits per heavy atom. The van der Waals surface area contributed by atoms with Gasteiger partial charge in [-0.2, -0.15) is 0 Å². The van der Waals surface area contributed by atoms with Gasteiger partial charge >= 0.3 is 0 Å². The van der Waals surface area contributed by atoms with Gasteiger partial charge in [0, 0.05) is 24.5 Å². The first-order valence-corrected chi connectivity index (χ1v) is 7.35. The number of aromatic nitrogens is 4. The van der Waals surface area contributed by atoms with Crippen LogP contribution in [0.25, 0.3) is 17.0 Å². The van der Waals surface area contributed by atoms with Crippen LogP contribution in [0.2, 0.25) is 0 Å².